The van der Waals surface area contributed by atoms with Crippen LogP contribution in [0.1, 0.15) is 32.6 Å². The average molecular weight is 246 g/mol. The first kappa shape index (κ1) is 13.4. The first-order valence-electron chi connectivity index (χ1n) is 5.58. The smallest absolute Gasteiger partial charge is 0.215 e. The molecule has 1 saturated heterocycles. The van der Waals surface area contributed by atoms with Gasteiger partial charge in [-0.2, -0.15) is 9.98 Å². The summed E-state index contributed by atoms with van der Waals surface area (Å²) in [7, 11) is -3.37. The number of rotatable bonds is 5. The lowest BCUT2D eigenvalue weighted by Crippen LogP contribution is -2.42. The zero-order chi connectivity index (χ0) is 12.0. The van der Waals surface area contributed by atoms with Crippen LogP contribution in [0.4, 0.5) is 0 Å². The highest BCUT2D eigenvalue weighted by Crippen LogP contribution is 2.15. The van der Waals surface area contributed by atoms with Crippen LogP contribution in [-0.4, -0.2) is 32.9 Å². The van der Waals surface area contributed by atoms with E-state index >= 15 is 0 Å². The lowest BCUT2D eigenvalue weighted by molar-refractivity contribution is 0.0981. The van der Waals surface area contributed by atoms with Crippen LogP contribution in [0.2, 0.25) is 0 Å². The van der Waals surface area contributed by atoms with Crippen LogP contribution in [0.3, 0.4) is 0 Å². The Hall–Kier alpha value is -0.640. The van der Waals surface area contributed by atoms with Crippen LogP contribution >= 0.6 is 0 Å². The molecule has 1 N–H and O–H groups in total. The monoisotopic (exact) mass is 246 g/mol. The summed E-state index contributed by atoms with van der Waals surface area (Å²) < 4.78 is 31.4. The van der Waals surface area contributed by atoms with Gasteiger partial charge in [-0.1, -0.05) is 13.3 Å². The van der Waals surface area contributed by atoms with E-state index < -0.39 is 21.3 Å². The molecule has 0 spiro atoms. The molecule has 1 aliphatic rings. The van der Waals surface area contributed by atoms with E-state index in [1.54, 1.807) is 0 Å². The molecule has 92 valence electrons. The van der Waals surface area contributed by atoms with Crippen molar-refractivity contribution in [2.24, 2.45) is 0 Å². The minimum atomic E-state index is -3.37. The summed E-state index contributed by atoms with van der Waals surface area (Å²) in [5.41, 5.74) is 0. The summed E-state index contributed by atoms with van der Waals surface area (Å²) in [5, 5.41) is 8.41. The Labute approximate surface area is 96.8 Å². The Bertz CT molecular complexity index is 342. The van der Waals surface area contributed by atoms with E-state index in [1.807, 2.05) is 13.0 Å². The van der Waals surface area contributed by atoms with Gasteiger partial charge >= 0.3 is 0 Å². The van der Waals surface area contributed by atoms with Crippen LogP contribution < -0.4 is 4.72 Å². The van der Waals surface area contributed by atoms with Crippen molar-refractivity contribution in [3.8, 4) is 6.07 Å². The number of nitriles is 1. The molecule has 0 amide bonds. The van der Waals surface area contributed by atoms with Crippen LogP contribution in [0.15, 0.2) is 0 Å². The molecular formula is C10H18N2O3S. The lowest BCUT2D eigenvalue weighted by Gasteiger charge is -2.23. The maximum Gasteiger partial charge on any atom is 0.215 e. The number of hydrogen-bond acceptors (Lipinski definition) is 4. The van der Waals surface area contributed by atoms with Crippen LogP contribution in [0.25, 0.3) is 0 Å². The van der Waals surface area contributed by atoms with Gasteiger partial charge in [-0.3, -0.25) is 0 Å². The summed E-state index contributed by atoms with van der Waals surface area (Å²) in [6.07, 6.45) is 2.37. The quantitative estimate of drug-likeness (QED) is 0.777. The average Bonchev–Trinajstić information content (AvgIpc) is 2.29. The van der Waals surface area contributed by atoms with Crippen molar-refractivity contribution in [3.05, 3.63) is 0 Å². The summed E-state index contributed by atoms with van der Waals surface area (Å²) >= 11 is 0. The van der Waals surface area contributed by atoms with Crippen LogP contribution in [-0.2, 0) is 14.8 Å². The third kappa shape index (κ3) is 3.74. The molecule has 0 saturated carbocycles. The molecule has 0 bridgehead atoms. The van der Waals surface area contributed by atoms with Gasteiger partial charge in [-0.25, -0.2) is 8.42 Å². The second-order valence-corrected chi connectivity index (χ2v) is 5.94. The second-order valence-electron chi connectivity index (χ2n) is 3.94. The fourth-order valence-electron chi connectivity index (χ4n) is 1.72. The van der Waals surface area contributed by atoms with Gasteiger partial charge in [-0.05, 0) is 19.3 Å². The number of sulfonamides is 1. The molecule has 1 aliphatic heterocycles. The predicted octanol–water partition coefficient (Wildman–Crippen LogP) is 0.777. The standard InChI is InChI=1S/C10H18N2O3S/c1-2-3-9(8-11)12-16(13,14)10-4-6-15-7-5-10/h9-10,12H,2-7H2,1H3. The maximum absolute atomic E-state index is 11.9. The van der Waals surface area contributed by atoms with Crippen LogP contribution in [0.5, 0.6) is 0 Å². The Morgan fingerprint density at radius 3 is 2.62 bits per heavy atom. The molecule has 0 aliphatic carbocycles. The number of ether oxygens (including phenoxy) is 1. The molecule has 1 fully saturated rings. The molecule has 1 atom stereocenters. The molecule has 1 heterocycles. The highest BCUT2D eigenvalue weighted by Gasteiger charge is 2.29. The molecule has 0 aromatic carbocycles. The summed E-state index contributed by atoms with van der Waals surface area (Å²) in [4.78, 5) is 0. The van der Waals surface area contributed by atoms with E-state index in [4.69, 9.17) is 10.00 Å². The summed E-state index contributed by atoms with van der Waals surface area (Å²) in [6, 6.07) is 1.38. The fraction of sp³-hybridized carbons (Fsp3) is 0.900. The minimum Gasteiger partial charge on any atom is -0.381 e. The number of nitrogens with zero attached hydrogens (tertiary/aromatic N) is 1. The van der Waals surface area contributed by atoms with Gasteiger partial charge in [0.15, 0.2) is 0 Å². The zero-order valence-electron chi connectivity index (χ0n) is 9.48. The van der Waals surface area contributed by atoms with E-state index in [2.05, 4.69) is 4.72 Å². The molecule has 6 heteroatoms. The normalized spacial score (nSPS) is 20.2. The van der Waals surface area contributed by atoms with Crippen molar-refractivity contribution in [2.75, 3.05) is 13.2 Å². The van der Waals surface area contributed by atoms with Gasteiger partial charge in [0.2, 0.25) is 10.0 Å². The highest BCUT2D eigenvalue weighted by molar-refractivity contribution is 7.90. The third-order valence-electron chi connectivity index (χ3n) is 2.65. The predicted molar refractivity (Wildman–Crippen MR) is 60.2 cm³/mol. The Morgan fingerprint density at radius 2 is 2.12 bits per heavy atom. The molecule has 0 radical (unpaired) electrons. The first-order chi connectivity index (χ1) is 7.60. The summed E-state index contributed by atoms with van der Waals surface area (Å²) in [5.74, 6) is 0. The Balaban J connectivity index is 2.59. The SMILES string of the molecule is CCCC(C#N)NS(=O)(=O)C1CCOCC1. The second kappa shape index (κ2) is 6.18. The topological polar surface area (TPSA) is 79.2 Å². The van der Waals surface area contributed by atoms with E-state index in [0.29, 0.717) is 32.5 Å². The van der Waals surface area contributed by atoms with E-state index in [-0.39, 0.29) is 0 Å². The van der Waals surface area contributed by atoms with E-state index in [9.17, 15) is 8.42 Å². The van der Waals surface area contributed by atoms with Gasteiger partial charge in [0.1, 0.15) is 6.04 Å². The Kier molecular flexibility index (Phi) is 5.19. The molecular weight excluding hydrogens is 228 g/mol. The van der Waals surface area contributed by atoms with Crippen LogP contribution in [0, 0.1) is 11.3 Å². The minimum absolute atomic E-state index is 0.408. The van der Waals surface area contributed by atoms with Crippen molar-refractivity contribution in [1.29, 1.82) is 5.26 Å². The summed E-state index contributed by atoms with van der Waals surface area (Å²) in [6.45, 7) is 2.89. The van der Waals surface area contributed by atoms with Gasteiger partial charge in [-0.15, -0.1) is 0 Å². The van der Waals surface area contributed by atoms with Gasteiger partial charge < -0.3 is 4.74 Å². The third-order valence-corrected chi connectivity index (χ3v) is 4.61. The lowest BCUT2D eigenvalue weighted by atomic mass is 10.2. The number of nitrogens with one attached hydrogen (secondary N) is 1. The molecule has 1 unspecified atom stereocenters. The molecule has 0 aromatic rings. The van der Waals surface area contributed by atoms with Crippen molar-refractivity contribution in [2.45, 2.75) is 43.9 Å². The van der Waals surface area contributed by atoms with Crippen molar-refractivity contribution in [1.82, 2.24) is 4.72 Å². The highest BCUT2D eigenvalue weighted by atomic mass is 32.2. The van der Waals surface area contributed by atoms with Gasteiger partial charge in [0, 0.05) is 13.2 Å². The zero-order valence-corrected chi connectivity index (χ0v) is 10.3. The molecule has 16 heavy (non-hydrogen) atoms. The van der Waals surface area contributed by atoms with E-state index in [0.717, 1.165) is 6.42 Å². The molecule has 1 rings (SSSR count). The van der Waals surface area contributed by atoms with Gasteiger partial charge in [0.05, 0.1) is 11.3 Å². The van der Waals surface area contributed by atoms with Crippen molar-refractivity contribution < 1.29 is 13.2 Å². The van der Waals surface area contributed by atoms with Gasteiger partial charge in [0.25, 0.3) is 0 Å². The first-order valence-corrected chi connectivity index (χ1v) is 7.13. The molecule has 5 nitrogen and oxygen atoms in total. The van der Waals surface area contributed by atoms with Crippen molar-refractivity contribution in [3.63, 3.8) is 0 Å². The maximum atomic E-state index is 11.9. The van der Waals surface area contributed by atoms with Crippen molar-refractivity contribution >= 4 is 10.0 Å². The Morgan fingerprint density at radius 1 is 1.50 bits per heavy atom. The number of hydrogen-bond donors (Lipinski definition) is 1. The fourth-order valence-corrected chi connectivity index (χ4v) is 3.29. The molecule has 0 aromatic heterocycles. The largest absolute Gasteiger partial charge is 0.381 e. The van der Waals surface area contributed by atoms with E-state index in [1.165, 1.54) is 0 Å².